The average Bonchev–Trinajstić information content (AvgIpc) is 3.21. The molecule has 25 heavy (non-hydrogen) atoms. The van der Waals surface area contributed by atoms with Crippen LogP contribution in [0.15, 0.2) is 44.2 Å². The molecule has 0 radical (unpaired) electrons. The number of Topliss-reactive ketones (excluding diaryl/α,β-unsaturated/α-hetero) is 1. The molecule has 2 aromatic heterocycles. The van der Waals surface area contributed by atoms with E-state index in [-0.39, 0.29) is 28.6 Å². The number of methoxy groups -OCH3 is 1. The Balaban J connectivity index is 2.04. The lowest BCUT2D eigenvalue weighted by Gasteiger charge is -2.06. The number of rotatable bonds is 4. The van der Waals surface area contributed by atoms with Crippen molar-refractivity contribution in [1.29, 1.82) is 0 Å². The number of benzene rings is 1. The van der Waals surface area contributed by atoms with Crippen LogP contribution in [-0.4, -0.2) is 23.0 Å². The Morgan fingerprint density at radius 2 is 2.24 bits per heavy atom. The molecule has 2 heterocycles. The Morgan fingerprint density at radius 3 is 2.92 bits per heavy atom. The van der Waals surface area contributed by atoms with Gasteiger partial charge in [0.1, 0.15) is 0 Å². The van der Waals surface area contributed by atoms with Crippen LogP contribution >= 0.6 is 27.3 Å². The second kappa shape index (κ2) is 7.12. The van der Waals surface area contributed by atoms with Crippen LogP contribution in [0.2, 0.25) is 0 Å². The number of halogens is 1. The number of thiazole rings is 1. The van der Waals surface area contributed by atoms with Gasteiger partial charge < -0.3 is 19.2 Å². The summed E-state index contributed by atoms with van der Waals surface area (Å²) in [6.07, 6.45) is 4.37. The van der Waals surface area contributed by atoms with Crippen LogP contribution in [0, 0.1) is 0 Å². The highest BCUT2D eigenvalue weighted by molar-refractivity contribution is 9.10. The van der Waals surface area contributed by atoms with Crippen molar-refractivity contribution in [3.8, 4) is 11.5 Å². The predicted octanol–water partition coefficient (Wildman–Crippen LogP) is 2.00. The summed E-state index contributed by atoms with van der Waals surface area (Å²) >= 11 is 4.38. The largest absolute Gasteiger partial charge is 0.503 e. The number of hydrogen-bond acceptors (Lipinski definition) is 6. The monoisotopic (exact) mass is 421 g/mol. The number of phenolic OH excluding ortho intramolecular Hbond substituents is 1. The maximum absolute atomic E-state index is 12.1. The zero-order valence-electron chi connectivity index (χ0n) is 12.9. The van der Waals surface area contributed by atoms with Crippen molar-refractivity contribution in [3.05, 3.63) is 65.9 Å². The standard InChI is InChI=1S/C17H12BrNO5S/c1-23-13-6-9(5-10(18)16(13)21)7-14-17(22)19-15(25-14)8-11(20)12-3-2-4-24-12/h2-8,21H,1H3,(H,19,22). The van der Waals surface area contributed by atoms with Crippen molar-refractivity contribution in [2.24, 2.45) is 0 Å². The van der Waals surface area contributed by atoms with Crippen molar-refractivity contribution in [2.45, 2.75) is 0 Å². The van der Waals surface area contributed by atoms with Crippen LogP contribution < -0.4 is 19.5 Å². The summed E-state index contributed by atoms with van der Waals surface area (Å²) in [5, 5.41) is 9.83. The summed E-state index contributed by atoms with van der Waals surface area (Å²) in [5.74, 6) is 0.140. The number of carbonyl (C=O) groups is 1. The Kier molecular flexibility index (Phi) is 4.91. The first kappa shape index (κ1) is 17.2. The number of ketones is 1. The van der Waals surface area contributed by atoms with Crippen molar-refractivity contribution >= 4 is 45.2 Å². The fourth-order valence-electron chi connectivity index (χ4n) is 2.12. The van der Waals surface area contributed by atoms with Crippen LogP contribution in [0.4, 0.5) is 0 Å². The number of H-pyrrole nitrogens is 1. The molecule has 0 fully saturated rings. The highest BCUT2D eigenvalue weighted by Gasteiger charge is 2.08. The van der Waals surface area contributed by atoms with Gasteiger partial charge in [-0.3, -0.25) is 9.59 Å². The second-order valence-electron chi connectivity index (χ2n) is 4.97. The van der Waals surface area contributed by atoms with E-state index >= 15 is 0 Å². The minimum absolute atomic E-state index is 0.0159. The third-order valence-corrected chi connectivity index (χ3v) is 4.84. The van der Waals surface area contributed by atoms with E-state index in [2.05, 4.69) is 20.9 Å². The molecule has 0 amide bonds. The summed E-state index contributed by atoms with van der Waals surface area (Å²) in [7, 11) is 1.44. The molecule has 3 aromatic rings. The van der Waals surface area contributed by atoms with Crippen molar-refractivity contribution < 1.29 is 19.1 Å². The zero-order valence-corrected chi connectivity index (χ0v) is 15.3. The number of ether oxygens (including phenoxy) is 1. The topological polar surface area (TPSA) is 92.5 Å². The molecule has 0 spiro atoms. The first-order valence-electron chi connectivity index (χ1n) is 7.05. The van der Waals surface area contributed by atoms with E-state index in [0.29, 0.717) is 19.2 Å². The molecular formula is C17H12BrNO5S. The number of phenols is 1. The molecule has 0 saturated heterocycles. The van der Waals surface area contributed by atoms with Crippen LogP contribution in [0.25, 0.3) is 12.2 Å². The summed E-state index contributed by atoms with van der Waals surface area (Å²) in [5.41, 5.74) is 0.351. The maximum Gasteiger partial charge on any atom is 0.266 e. The molecule has 0 saturated carbocycles. The van der Waals surface area contributed by atoms with Gasteiger partial charge in [0, 0.05) is 6.08 Å². The lowest BCUT2D eigenvalue weighted by atomic mass is 10.2. The van der Waals surface area contributed by atoms with Crippen LogP contribution in [0.5, 0.6) is 11.5 Å². The van der Waals surface area contributed by atoms with Crippen LogP contribution in [-0.2, 0) is 0 Å². The van der Waals surface area contributed by atoms with Gasteiger partial charge >= 0.3 is 0 Å². The van der Waals surface area contributed by atoms with E-state index in [1.807, 2.05) is 0 Å². The summed E-state index contributed by atoms with van der Waals surface area (Å²) in [6, 6.07) is 6.44. The third kappa shape index (κ3) is 3.75. The fourth-order valence-corrected chi connectivity index (χ4v) is 3.46. The third-order valence-electron chi connectivity index (χ3n) is 3.28. The number of hydrogen-bond donors (Lipinski definition) is 2. The molecule has 128 valence electrons. The molecule has 0 aliphatic rings. The summed E-state index contributed by atoms with van der Waals surface area (Å²) in [4.78, 5) is 26.7. The number of aromatic hydroxyl groups is 1. The molecule has 0 bridgehead atoms. The number of aromatic nitrogens is 1. The van der Waals surface area contributed by atoms with Gasteiger partial charge in [-0.1, -0.05) is 0 Å². The Bertz CT molecular complexity index is 1100. The van der Waals surface area contributed by atoms with E-state index in [1.165, 1.54) is 19.4 Å². The maximum atomic E-state index is 12.1. The van der Waals surface area contributed by atoms with Gasteiger partial charge in [0.05, 0.1) is 27.0 Å². The molecule has 0 unspecified atom stereocenters. The Morgan fingerprint density at radius 1 is 1.44 bits per heavy atom. The van der Waals surface area contributed by atoms with Gasteiger partial charge in [-0.15, -0.1) is 11.3 Å². The molecule has 1 aromatic carbocycles. The summed E-state index contributed by atoms with van der Waals surface area (Å²) in [6.45, 7) is 0. The lowest BCUT2D eigenvalue weighted by Crippen LogP contribution is -2.20. The molecule has 2 N–H and O–H groups in total. The summed E-state index contributed by atoms with van der Waals surface area (Å²) < 4.78 is 11.4. The lowest BCUT2D eigenvalue weighted by molar-refractivity contribution is 0.103. The number of carbonyl (C=O) groups excluding carboxylic acids is 1. The average molecular weight is 422 g/mol. The number of aromatic amines is 1. The fraction of sp³-hybridized carbons (Fsp3) is 0.0588. The second-order valence-corrected chi connectivity index (χ2v) is 6.91. The molecule has 3 rings (SSSR count). The SMILES string of the molecule is COc1cc(C=c2sc(=CC(=O)c3ccco3)[nH]c2=O)cc(Br)c1O. The van der Waals surface area contributed by atoms with Gasteiger partial charge in [-0.25, -0.2) is 0 Å². The molecule has 6 nitrogen and oxygen atoms in total. The van der Waals surface area contributed by atoms with Crippen molar-refractivity contribution in [1.82, 2.24) is 4.98 Å². The first-order valence-corrected chi connectivity index (χ1v) is 8.66. The smallest absolute Gasteiger partial charge is 0.266 e. The number of furan rings is 1. The van der Waals surface area contributed by atoms with Crippen molar-refractivity contribution in [3.63, 3.8) is 0 Å². The van der Waals surface area contributed by atoms with Gasteiger partial charge in [0.2, 0.25) is 5.78 Å². The normalized spacial score (nSPS) is 12.6. The van der Waals surface area contributed by atoms with E-state index < -0.39 is 0 Å². The Hall–Kier alpha value is -2.58. The highest BCUT2D eigenvalue weighted by Crippen LogP contribution is 2.35. The van der Waals surface area contributed by atoms with Gasteiger partial charge in [0.15, 0.2) is 17.3 Å². The van der Waals surface area contributed by atoms with E-state index in [9.17, 15) is 14.7 Å². The zero-order chi connectivity index (χ0) is 18.0. The molecule has 0 aliphatic heterocycles. The molecule has 0 aliphatic carbocycles. The quantitative estimate of drug-likeness (QED) is 0.628. The van der Waals surface area contributed by atoms with E-state index in [0.717, 1.165) is 11.3 Å². The molecular weight excluding hydrogens is 410 g/mol. The van der Waals surface area contributed by atoms with E-state index in [1.54, 1.807) is 30.3 Å². The van der Waals surface area contributed by atoms with Crippen molar-refractivity contribution in [2.75, 3.05) is 7.11 Å². The van der Waals surface area contributed by atoms with E-state index in [4.69, 9.17) is 9.15 Å². The molecule has 8 heteroatoms. The Labute approximate surface area is 153 Å². The van der Waals surface area contributed by atoms with Crippen LogP contribution in [0.3, 0.4) is 0 Å². The first-order chi connectivity index (χ1) is 12.0. The van der Waals surface area contributed by atoms with Crippen LogP contribution in [0.1, 0.15) is 16.1 Å². The van der Waals surface area contributed by atoms with Gasteiger partial charge in [-0.05, 0) is 51.8 Å². The highest BCUT2D eigenvalue weighted by atomic mass is 79.9. The number of nitrogens with one attached hydrogen (secondary N) is 1. The van der Waals surface area contributed by atoms with Gasteiger partial charge in [0.25, 0.3) is 5.56 Å². The predicted molar refractivity (Wildman–Crippen MR) is 97.6 cm³/mol. The van der Waals surface area contributed by atoms with Gasteiger partial charge in [-0.2, -0.15) is 0 Å². The minimum atomic E-state index is -0.330. The minimum Gasteiger partial charge on any atom is -0.503 e. The molecule has 0 atom stereocenters.